The fourth-order valence-corrected chi connectivity index (χ4v) is 4.23. The summed E-state index contributed by atoms with van der Waals surface area (Å²) in [6.07, 6.45) is 0.687. The number of hydrogen-bond acceptors (Lipinski definition) is 4. The van der Waals surface area contributed by atoms with Gasteiger partial charge in [-0.25, -0.2) is 4.79 Å². The number of anilines is 1. The molecule has 31 heavy (non-hydrogen) atoms. The van der Waals surface area contributed by atoms with E-state index >= 15 is 0 Å². The van der Waals surface area contributed by atoms with Gasteiger partial charge in [-0.3, -0.25) is 9.59 Å². The Hall–Kier alpha value is -3.26. The number of aromatic hydroxyl groups is 1. The summed E-state index contributed by atoms with van der Waals surface area (Å²) < 4.78 is 0. The van der Waals surface area contributed by atoms with Crippen LogP contribution in [0.15, 0.2) is 42.5 Å². The molecule has 2 saturated heterocycles. The van der Waals surface area contributed by atoms with E-state index in [1.165, 1.54) is 0 Å². The highest BCUT2D eigenvalue weighted by molar-refractivity contribution is 6.31. The van der Waals surface area contributed by atoms with Crippen LogP contribution in [0.25, 0.3) is 0 Å². The second-order valence-electron chi connectivity index (χ2n) is 7.88. The predicted molar refractivity (Wildman–Crippen MR) is 116 cm³/mol. The minimum Gasteiger partial charge on any atom is -0.508 e. The molecule has 2 aliphatic rings. The smallest absolute Gasteiger partial charge is 0.319 e. The first-order chi connectivity index (χ1) is 14.8. The number of piperazine rings is 1. The molecule has 2 fully saturated rings. The Morgan fingerprint density at radius 1 is 1.23 bits per heavy atom. The molecule has 2 aliphatic heterocycles. The lowest BCUT2D eigenvalue weighted by Gasteiger charge is -2.34. The molecule has 162 valence electrons. The van der Waals surface area contributed by atoms with Crippen LogP contribution in [0.4, 0.5) is 10.5 Å². The van der Waals surface area contributed by atoms with Gasteiger partial charge in [0, 0.05) is 23.7 Å². The average Bonchev–Trinajstić information content (AvgIpc) is 3.15. The SMILES string of the molecule is Cc1c(Cl)cccc1NC(=O)N[C@H]1C[C@H]2C(=O)N[C@@H](Cc3ccc(O)cc3)C(=O)N2C1. The molecule has 3 atom stereocenters. The van der Waals surface area contributed by atoms with Crippen molar-refractivity contribution in [2.75, 3.05) is 11.9 Å². The maximum atomic E-state index is 12.9. The Bertz CT molecular complexity index is 1030. The highest BCUT2D eigenvalue weighted by Crippen LogP contribution is 2.25. The lowest BCUT2D eigenvalue weighted by Crippen LogP contribution is -2.61. The Labute approximate surface area is 184 Å². The number of halogens is 1. The fourth-order valence-electron chi connectivity index (χ4n) is 4.06. The predicted octanol–water partition coefficient (Wildman–Crippen LogP) is 2.19. The number of fused-ring (bicyclic) bond motifs is 1. The summed E-state index contributed by atoms with van der Waals surface area (Å²) in [6.45, 7) is 2.08. The van der Waals surface area contributed by atoms with Gasteiger partial charge in [-0.05, 0) is 48.7 Å². The van der Waals surface area contributed by atoms with E-state index in [1.54, 1.807) is 47.4 Å². The molecule has 2 aromatic carbocycles. The Morgan fingerprint density at radius 2 is 1.97 bits per heavy atom. The summed E-state index contributed by atoms with van der Waals surface area (Å²) in [7, 11) is 0. The number of rotatable bonds is 4. The van der Waals surface area contributed by atoms with Crippen molar-refractivity contribution in [3.63, 3.8) is 0 Å². The lowest BCUT2D eigenvalue weighted by molar-refractivity contribution is -0.147. The quantitative estimate of drug-likeness (QED) is 0.581. The van der Waals surface area contributed by atoms with Crippen LogP contribution in [-0.4, -0.2) is 52.5 Å². The number of hydrogen-bond donors (Lipinski definition) is 4. The van der Waals surface area contributed by atoms with Crippen LogP contribution in [0.3, 0.4) is 0 Å². The topological polar surface area (TPSA) is 111 Å². The minimum absolute atomic E-state index is 0.141. The largest absolute Gasteiger partial charge is 0.508 e. The maximum Gasteiger partial charge on any atom is 0.319 e. The zero-order chi connectivity index (χ0) is 22.1. The molecule has 0 saturated carbocycles. The van der Waals surface area contributed by atoms with Gasteiger partial charge >= 0.3 is 6.03 Å². The average molecular weight is 443 g/mol. The van der Waals surface area contributed by atoms with E-state index in [4.69, 9.17) is 11.6 Å². The number of urea groups is 1. The zero-order valence-corrected chi connectivity index (χ0v) is 17.6. The second kappa shape index (κ2) is 8.47. The number of carbonyl (C=O) groups excluding carboxylic acids is 3. The number of benzene rings is 2. The van der Waals surface area contributed by atoms with Crippen LogP contribution in [0.5, 0.6) is 5.75 Å². The molecule has 0 aromatic heterocycles. The second-order valence-corrected chi connectivity index (χ2v) is 8.29. The van der Waals surface area contributed by atoms with E-state index < -0.39 is 18.1 Å². The van der Waals surface area contributed by atoms with Gasteiger partial charge in [0.25, 0.3) is 0 Å². The first-order valence-corrected chi connectivity index (χ1v) is 10.4. The Morgan fingerprint density at radius 3 is 2.71 bits per heavy atom. The van der Waals surface area contributed by atoms with Crippen molar-refractivity contribution in [1.29, 1.82) is 0 Å². The van der Waals surface area contributed by atoms with Crippen molar-refractivity contribution < 1.29 is 19.5 Å². The van der Waals surface area contributed by atoms with Crippen molar-refractivity contribution in [3.05, 3.63) is 58.6 Å². The summed E-state index contributed by atoms with van der Waals surface area (Å²) in [4.78, 5) is 39.5. The van der Waals surface area contributed by atoms with Gasteiger partial charge in [-0.2, -0.15) is 0 Å². The Balaban J connectivity index is 1.38. The van der Waals surface area contributed by atoms with Crippen LogP contribution in [0, 0.1) is 6.92 Å². The maximum absolute atomic E-state index is 12.9. The minimum atomic E-state index is -0.671. The normalized spacial score (nSPS) is 22.6. The highest BCUT2D eigenvalue weighted by atomic mass is 35.5. The molecule has 0 aliphatic carbocycles. The number of phenolic OH excluding ortho intramolecular Hbond substituents is 1. The number of nitrogens with zero attached hydrogens (tertiary/aromatic N) is 1. The molecular weight excluding hydrogens is 420 g/mol. The highest BCUT2D eigenvalue weighted by Gasteiger charge is 2.46. The van der Waals surface area contributed by atoms with E-state index in [9.17, 15) is 19.5 Å². The van der Waals surface area contributed by atoms with Gasteiger partial charge in [0.1, 0.15) is 17.8 Å². The summed E-state index contributed by atoms with van der Waals surface area (Å²) >= 11 is 6.09. The zero-order valence-electron chi connectivity index (χ0n) is 16.9. The number of nitrogens with one attached hydrogen (secondary N) is 3. The molecule has 0 radical (unpaired) electrons. The number of amides is 4. The first-order valence-electron chi connectivity index (χ1n) is 10.0. The molecule has 8 nitrogen and oxygen atoms in total. The van der Waals surface area contributed by atoms with Crippen molar-refractivity contribution in [2.45, 2.75) is 37.9 Å². The van der Waals surface area contributed by atoms with Gasteiger partial charge in [0.2, 0.25) is 11.8 Å². The molecule has 4 N–H and O–H groups in total. The van der Waals surface area contributed by atoms with Crippen molar-refractivity contribution >= 4 is 35.1 Å². The Kier molecular flexibility index (Phi) is 5.73. The lowest BCUT2D eigenvalue weighted by atomic mass is 10.0. The molecule has 0 unspecified atom stereocenters. The summed E-state index contributed by atoms with van der Waals surface area (Å²) in [5, 5.41) is 18.4. The van der Waals surface area contributed by atoms with Crippen molar-refractivity contribution in [3.8, 4) is 5.75 Å². The van der Waals surface area contributed by atoms with Gasteiger partial charge in [0.05, 0.1) is 6.04 Å². The third kappa shape index (κ3) is 4.44. The van der Waals surface area contributed by atoms with Crippen LogP contribution in [0.2, 0.25) is 5.02 Å². The van der Waals surface area contributed by atoms with Gasteiger partial charge in [-0.1, -0.05) is 29.8 Å². The van der Waals surface area contributed by atoms with E-state index in [0.717, 1.165) is 11.1 Å². The van der Waals surface area contributed by atoms with Crippen LogP contribution in [-0.2, 0) is 16.0 Å². The van der Waals surface area contributed by atoms with Gasteiger partial charge in [-0.15, -0.1) is 0 Å². The molecule has 2 heterocycles. The summed E-state index contributed by atoms with van der Waals surface area (Å²) in [6, 6.07) is 9.75. The first kappa shape index (κ1) is 21.0. The van der Waals surface area contributed by atoms with Gasteiger partial charge in [0.15, 0.2) is 0 Å². The number of phenols is 1. The van der Waals surface area contributed by atoms with E-state index in [2.05, 4.69) is 16.0 Å². The van der Waals surface area contributed by atoms with Gasteiger partial charge < -0.3 is 26.0 Å². The van der Waals surface area contributed by atoms with Crippen molar-refractivity contribution in [1.82, 2.24) is 15.5 Å². The molecule has 4 amide bonds. The number of carbonyl (C=O) groups is 3. The van der Waals surface area contributed by atoms with Crippen LogP contribution < -0.4 is 16.0 Å². The molecule has 4 rings (SSSR count). The van der Waals surface area contributed by atoms with E-state index in [1.807, 2.05) is 6.92 Å². The standard InChI is InChI=1S/C22H23ClN4O4/c1-12-16(23)3-2-4-17(12)26-22(31)24-14-10-19-20(29)25-18(21(30)27(19)11-14)9-13-5-7-15(28)8-6-13/h2-8,14,18-19,28H,9-11H2,1H3,(H,25,29)(H2,24,26,31)/t14-,18-,19-/m0/s1. The molecular formula is C22H23ClN4O4. The summed E-state index contributed by atoms with van der Waals surface area (Å²) in [5.74, 6) is -0.255. The summed E-state index contributed by atoms with van der Waals surface area (Å²) in [5.41, 5.74) is 2.19. The van der Waals surface area contributed by atoms with Crippen molar-refractivity contribution in [2.24, 2.45) is 0 Å². The van der Waals surface area contributed by atoms with Crippen LogP contribution >= 0.6 is 11.6 Å². The monoisotopic (exact) mass is 442 g/mol. The molecule has 9 heteroatoms. The van der Waals surface area contributed by atoms with Crippen LogP contribution in [0.1, 0.15) is 17.5 Å². The molecule has 2 aromatic rings. The molecule has 0 bridgehead atoms. The fraction of sp³-hybridized carbons (Fsp3) is 0.318. The third-order valence-electron chi connectivity index (χ3n) is 5.73. The third-order valence-corrected chi connectivity index (χ3v) is 6.14. The van der Waals surface area contributed by atoms with E-state index in [0.29, 0.717) is 23.6 Å². The van der Waals surface area contributed by atoms with E-state index in [-0.39, 0.29) is 30.2 Å². The molecule has 0 spiro atoms.